The van der Waals surface area contributed by atoms with Gasteiger partial charge in [0.2, 0.25) is 0 Å². The van der Waals surface area contributed by atoms with E-state index in [2.05, 4.69) is 12.1 Å². The van der Waals surface area contributed by atoms with E-state index in [1.807, 2.05) is 31.2 Å². The lowest BCUT2D eigenvalue weighted by atomic mass is 10.0. The van der Waals surface area contributed by atoms with E-state index in [1.54, 1.807) is 12.1 Å². The minimum atomic E-state index is -1.11. The van der Waals surface area contributed by atoms with Crippen molar-refractivity contribution in [2.75, 3.05) is 0 Å². The minimum Gasteiger partial charge on any atom is -0.425 e. The van der Waals surface area contributed by atoms with Crippen molar-refractivity contribution in [3.8, 4) is 16.9 Å². The van der Waals surface area contributed by atoms with Gasteiger partial charge < -0.3 is 9.84 Å². The maximum atomic E-state index is 11.2. The second kappa shape index (κ2) is 5.67. The van der Waals surface area contributed by atoms with Crippen molar-refractivity contribution in [3.05, 3.63) is 54.1 Å². The molecule has 19 heavy (non-hydrogen) atoms. The zero-order valence-electron chi connectivity index (χ0n) is 11.0. The predicted octanol–water partition coefficient (Wildman–Crippen LogP) is 2.95. The van der Waals surface area contributed by atoms with Crippen molar-refractivity contribution in [3.63, 3.8) is 0 Å². The van der Waals surface area contributed by atoms with Gasteiger partial charge in [0.15, 0.2) is 0 Å². The molecule has 0 aliphatic heterocycles. The van der Waals surface area contributed by atoms with Crippen LogP contribution in [0.2, 0.25) is 0 Å². The molecule has 0 aromatic heterocycles. The van der Waals surface area contributed by atoms with Gasteiger partial charge in [-0.3, -0.25) is 0 Å². The lowest BCUT2D eigenvalue weighted by molar-refractivity contribution is -0.142. The summed E-state index contributed by atoms with van der Waals surface area (Å²) >= 11 is 0. The number of aryl methyl sites for hydroxylation is 1. The van der Waals surface area contributed by atoms with Gasteiger partial charge in [-0.1, -0.05) is 42.0 Å². The van der Waals surface area contributed by atoms with Crippen molar-refractivity contribution >= 4 is 5.97 Å². The first-order chi connectivity index (χ1) is 9.06. The average Bonchev–Trinajstić information content (AvgIpc) is 2.40. The molecule has 1 atom stereocenters. The Labute approximate surface area is 112 Å². The maximum absolute atomic E-state index is 11.2. The summed E-state index contributed by atoms with van der Waals surface area (Å²) in [5, 5.41) is 9.07. The highest BCUT2D eigenvalue weighted by atomic mass is 16.5. The summed E-state index contributed by atoms with van der Waals surface area (Å²) in [7, 11) is 0. The second-order valence-corrected chi connectivity index (χ2v) is 4.49. The molecular formula is C16H16O3. The van der Waals surface area contributed by atoms with Crippen molar-refractivity contribution in [1.29, 1.82) is 0 Å². The number of carbonyl (C=O) groups excluding carboxylic acids is 1. The van der Waals surface area contributed by atoms with Crippen LogP contribution in [0.25, 0.3) is 11.1 Å². The zero-order valence-corrected chi connectivity index (χ0v) is 11.0. The van der Waals surface area contributed by atoms with Gasteiger partial charge >= 0.3 is 5.97 Å². The van der Waals surface area contributed by atoms with Crippen molar-refractivity contribution in [2.24, 2.45) is 0 Å². The number of carbonyl (C=O) groups is 1. The first-order valence-electron chi connectivity index (χ1n) is 6.13. The van der Waals surface area contributed by atoms with Gasteiger partial charge in [0.1, 0.15) is 11.9 Å². The summed E-state index contributed by atoms with van der Waals surface area (Å²) in [6.07, 6.45) is -1.11. The number of esters is 1. The highest BCUT2D eigenvalue weighted by Crippen LogP contribution is 2.22. The van der Waals surface area contributed by atoms with Crippen LogP contribution in [-0.4, -0.2) is 17.2 Å². The summed E-state index contributed by atoms with van der Waals surface area (Å²) in [6.45, 7) is 3.42. The normalized spacial score (nSPS) is 11.9. The molecule has 3 heteroatoms. The van der Waals surface area contributed by atoms with Crippen LogP contribution in [0.5, 0.6) is 5.75 Å². The van der Waals surface area contributed by atoms with E-state index in [0.29, 0.717) is 5.75 Å². The van der Waals surface area contributed by atoms with Crippen molar-refractivity contribution < 1.29 is 14.6 Å². The number of rotatable bonds is 3. The molecule has 0 bridgehead atoms. The molecule has 0 aliphatic rings. The van der Waals surface area contributed by atoms with Crippen LogP contribution >= 0.6 is 0 Å². The third-order valence-electron chi connectivity index (χ3n) is 2.80. The predicted molar refractivity (Wildman–Crippen MR) is 73.9 cm³/mol. The molecule has 0 saturated heterocycles. The fraction of sp³-hybridized carbons (Fsp3) is 0.188. The van der Waals surface area contributed by atoms with Gasteiger partial charge in [-0.15, -0.1) is 0 Å². The molecule has 2 aromatic rings. The zero-order chi connectivity index (χ0) is 13.8. The number of benzene rings is 2. The minimum absolute atomic E-state index is 0.432. The second-order valence-electron chi connectivity index (χ2n) is 4.49. The van der Waals surface area contributed by atoms with Crippen LogP contribution in [0.1, 0.15) is 12.5 Å². The number of hydrogen-bond acceptors (Lipinski definition) is 3. The van der Waals surface area contributed by atoms with Gasteiger partial charge in [0, 0.05) is 0 Å². The van der Waals surface area contributed by atoms with Crippen LogP contribution < -0.4 is 4.74 Å². The smallest absolute Gasteiger partial charge is 0.340 e. The molecule has 2 aromatic carbocycles. The highest BCUT2D eigenvalue weighted by Gasteiger charge is 2.11. The molecule has 1 unspecified atom stereocenters. The SMILES string of the molecule is Cc1ccc(-c2ccc(OC(=O)C(C)O)cc2)cc1. The Morgan fingerprint density at radius 1 is 1.00 bits per heavy atom. The van der Waals surface area contributed by atoms with Crippen LogP contribution in [-0.2, 0) is 4.79 Å². The molecule has 0 radical (unpaired) electrons. The van der Waals surface area contributed by atoms with Crippen molar-refractivity contribution in [2.45, 2.75) is 20.0 Å². The Kier molecular flexibility index (Phi) is 3.97. The number of aliphatic hydroxyl groups is 1. The third kappa shape index (κ3) is 3.42. The molecule has 2 rings (SSSR count). The van der Waals surface area contributed by atoms with Crippen LogP contribution in [0.4, 0.5) is 0 Å². The molecule has 0 heterocycles. The summed E-state index contributed by atoms with van der Waals surface area (Å²) in [5.41, 5.74) is 3.38. The van der Waals surface area contributed by atoms with E-state index in [0.717, 1.165) is 11.1 Å². The first kappa shape index (κ1) is 13.3. The largest absolute Gasteiger partial charge is 0.425 e. The quantitative estimate of drug-likeness (QED) is 0.678. The topological polar surface area (TPSA) is 46.5 Å². The molecule has 0 saturated carbocycles. The molecule has 0 aliphatic carbocycles. The molecule has 0 spiro atoms. The number of hydrogen-bond donors (Lipinski definition) is 1. The van der Waals surface area contributed by atoms with Gasteiger partial charge in [-0.2, -0.15) is 0 Å². The van der Waals surface area contributed by atoms with Crippen LogP contribution in [0.3, 0.4) is 0 Å². The average molecular weight is 256 g/mol. The Hall–Kier alpha value is -2.13. The molecular weight excluding hydrogens is 240 g/mol. The van der Waals surface area contributed by atoms with E-state index in [1.165, 1.54) is 12.5 Å². The monoisotopic (exact) mass is 256 g/mol. The van der Waals surface area contributed by atoms with Gasteiger partial charge in [-0.25, -0.2) is 4.79 Å². The van der Waals surface area contributed by atoms with Crippen LogP contribution in [0, 0.1) is 6.92 Å². The van der Waals surface area contributed by atoms with E-state index in [4.69, 9.17) is 9.84 Å². The number of aliphatic hydroxyl groups excluding tert-OH is 1. The molecule has 0 amide bonds. The summed E-state index contributed by atoms with van der Waals surface area (Å²) < 4.78 is 5.00. The third-order valence-corrected chi connectivity index (χ3v) is 2.80. The molecule has 3 nitrogen and oxygen atoms in total. The highest BCUT2D eigenvalue weighted by molar-refractivity contribution is 5.76. The van der Waals surface area contributed by atoms with E-state index in [-0.39, 0.29) is 0 Å². The van der Waals surface area contributed by atoms with Gasteiger partial charge in [-0.05, 0) is 37.1 Å². The fourth-order valence-corrected chi connectivity index (χ4v) is 1.66. The standard InChI is InChI=1S/C16H16O3/c1-11-3-5-13(6-4-11)14-7-9-15(10-8-14)19-16(18)12(2)17/h3-10,12,17H,1-2H3. The summed E-state index contributed by atoms with van der Waals surface area (Å²) in [4.78, 5) is 11.2. The van der Waals surface area contributed by atoms with Crippen LogP contribution in [0.15, 0.2) is 48.5 Å². The van der Waals surface area contributed by atoms with E-state index in [9.17, 15) is 4.79 Å². The lowest BCUT2D eigenvalue weighted by Gasteiger charge is -2.07. The Morgan fingerprint density at radius 2 is 1.47 bits per heavy atom. The lowest BCUT2D eigenvalue weighted by Crippen LogP contribution is -2.21. The molecule has 98 valence electrons. The summed E-state index contributed by atoms with van der Waals surface area (Å²) in [5.74, 6) is -0.218. The van der Waals surface area contributed by atoms with E-state index >= 15 is 0 Å². The molecule has 0 fully saturated rings. The van der Waals surface area contributed by atoms with E-state index < -0.39 is 12.1 Å². The fourth-order valence-electron chi connectivity index (χ4n) is 1.66. The summed E-state index contributed by atoms with van der Waals surface area (Å²) in [6, 6.07) is 15.4. The Morgan fingerprint density at radius 3 is 1.95 bits per heavy atom. The molecule has 1 N–H and O–H groups in total. The van der Waals surface area contributed by atoms with Gasteiger partial charge in [0.05, 0.1) is 0 Å². The Balaban J connectivity index is 2.14. The first-order valence-corrected chi connectivity index (χ1v) is 6.13. The van der Waals surface area contributed by atoms with Crippen molar-refractivity contribution in [1.82, 2.24) is 0 Å². The maximum Gasteiger partial charge on any atom is 0.340 e. The number of ether oxygens (including phenoxy) is 1. The van der Waals surface area contributed by atoms with Gasteiger partial charge in [0.25, 0.3) is 0 Å². The Bertz CT molecular complexity index is 554.